The molecule has 1 amide bonds. The van der Waals surface area contributed by atoms with Crippen molar-refractivity contribution in [1.29, 1.82) is 0 Å². The van der Waals surface area contributed by atoms with Crippen molar-refractivity contribution < 1.29 is 4.79 Å². The molecule has 0 aliphatic carbocycles. The maximum absolute atomic E-state index is 12.1. The lowest BCUT2D eigenvalue weighted by atomic mass is 10.3. The molecule has 0 unspecified atom stereocenters. The summed E-state index contributed by atoms with van der Waals surface area (Å²) in [5, 5.41) is 0.715. The molecule has 1 aliphatic rings. The predicted molar refractivity (Wildman–Crippen MR) is 97.1 cm³/mol. The Hall–Kier alpha value is -1.59. The van der Waals surface area contributed by atoms with Crippen molar-refractivity contribution in [2.45, 2.75) is 32.7 Å². The van der Waals surface area contributed by atoms with E-state index in [1.54, 1.807) is 0 Å². The van der Waals surface area contributed by atoms with Crippen LogP contribution in [0.2, 0.25) is 5.02 Å². The van der Waals surface area contributed by atoms with Crippen LogP contribution >= 0.6 is 11.6 Å². The molecular formula is C18H25ClN4O. The first-order valence-electron chi connectivity index (χ1n) is 8.69. The molecule has 130 valence electrons. The highest BCUT2D eigenvalue weighted by atomic mass is 35.5. The number of aryl methyl sites for hydroxylation is 1. The predicted octanol–water partition coefficient (Wildman–Crippen LogP) is 3.06. The Morgan fingerprint density at radius 2 is 2.08 bits per heavy atom. The summed E-state index contributed by atoms with van der Waals surface area (Å²) in [6, 6.07) is 5.83. The van der Waals surface area contributed by atoms with Crippen molar-refractivity contribution in [3.05, 3.63) is 29.0 Å². The Bertz CT molecular complexity index is 727. The van der Waals surface area contributed by atoms with Crippen LogP contribution in [0.25, 0.3) is 11.0 Å². The van der Waals surface area contributed by atoms with Crippen molar-refractivity contribution in [2.75, 3.05) is 26.2 Å². The minimum atomic E-state index is 0.289. The topological polar surface area (TPSA) is 41.4 Å². The van der Waals surface area contributed by atoms with Gasteiger partial charge in [-0.05, 0) is 31.0 Å². The van der Waals surface area contributed by atoms with Crippen LogP contribution in [-0.2, 0) is 18.4 Å². The van der Waals surface area contributed by atoms with Gasteiger partial charge in [0.05, 0.1) is 17.6 Å². The molecule has 0 saturated carbocycles. The molecule has 24 heavy (non-hydrogen) atoms. The van der Waals surface area contributed by atoms with Crippen molar-refractivity contribution in [2.24, 2.45) is 7.05 Å². The summed E-state index contributed by atoms with van der Waals surface area (Å²) in [7, 11) is 2.05. The number of benzene rings is 1. The average Bonchev–Trinajstić information content (AvgIpc) is 2.73. The summed E-state index contributed by atoms with van der Waals surface area (Å²) in [6.07, 6.45) is 2.60. The molecule has 2 heterocycles. The first-order valence-corrected chi connectivity index (χ1v) is 9.07. The molecule has 3 rings (SSSR count). The van der Waals surface area contributed by atoms with E-state index in [4.69, 9.17) is 16.6 Å². The highest BCUT2D eigenvalue weighted by Crippen LogP contribution is 2.20. The normalized spacial score (nSPS) is 16.5. The highest BCUT2D eigenvalue weighted by molar-refractivity contribution is 6.31. The van der Waals surface area contributed by atoms with Crippen LogP contribution < -0.4 is 0 Å². The molecule has 0 N–H and O–H groups in total. The first kappa shape index (κ1) is 17.2. The number of hydrogen-bond donors (Lipinski definition) is 0. The molecule has 0 bridgehead atoms. The largest absolute Gasteiger partial charge is 0.341 e. The lowest BCUT2D eigenvalue weighted by Crippen LogP contribution is -2.35. The molecule has 1 aromatic carbocycles. The number of hydrogen-bond acceptors (Lipinski definition) is 3. The van der Waals surface area contributed by atoms with Crippen LogP contribution in [0, 0.1) is 0 Å². The van der Waals surface area contributed by atoms with Gasteiger partial charge in [-0.3, -0.25) is 9.69 Å². The van der Waals surface area contributed by atoms with Gasteiger partial charge in [-0.15, -0.1) is 0 Å². The molecule has 0 radical (unpaired) electrons. The van der Waals surface area contributed by atoms with Crippen molar-refractivity contribution in [1.82, 2.24) is 19.4 Å². The maximum Gasteiger partial charge on any atom is 0.222 e. The number of fused-ring (bicyclic) bond motifs is 1. The summed E-state index contributed by atoms with van der Waals surface area (Å²) >= 11 is 6.07. The molecule has 1 fully saturated rings. The van der Waals surface area contributed by atoms with Crippen molar-refractivity contribution >= 4 is 28.5 Å². The minimum absolute atomic E-state index is 0.289. The second-order valence-corrected chi connectivity index (χ2v) is 6.92. The number of aromatic nitrogens is 2. The molecule has 5 nitrogen and oxygen atoms in total. The minimum Gasteiger partial charge on any atom is -0.341 e. The van der Waals surface area contributed by atoms with Gasteiger partial charge in [0.25, 0.3) is 0 Å². The number of halogens is 1. The zero-order valence-corrected chi connectivity index (χ0v) is 15.2. The Morgan fingerprint density at radius 1 is 1.25 bits per heavy atom. The zero-order valence-electron chi connectivity index (χ0n) is 14.5. The SMILES string of the molecule is CCCC(=O)N1CCCN(Cc2nc3cc(Cl)ccc3n2C)CC1. The standard InChI is InChI=1S/C18H25ClN4O/c1-3-5-18(24)23-9-4-8-22(10-11-23)13-17-20-15-12-14(19)6-7-16(15)21(17)2/h6-7,12H,3-5,8-11,13H2,1-2H3. The summed E-state index contributed by atoms with van der Waals surface area (Å²) in [6.45, 7) is 6.44. The fourth-order valence-electron chi connectivity index (χ4n) is 3.31. The van der Waals surface area contributed by atoms with E-state index in [-0.39, 0.29) is 5.91 Å². The number of amides is 1. The lowest BCUT2D eigenvalue weighted by molar-refractivity contribution is -0.131. The first-order chi connectivity index (χ1) is 11.6. The number of carbonyl (C=O) groups excluding carboxylic acids is 1. The van der Waals surface area contributed by atoms with Crippen LogP contribution in [0.5, 0.6) is 0 Å². The zero-order chi connectivity index (χ0) is 17.1. The molecule has 6 heteroatoms. The van der Waals surface area contributed by atoms with Crippen LogP contribution in [0.15, 0.2) is 18.2 Å². The molecule has 1 aliphatic heterocycles. The van der Waals surface area contributed by atoms with Crippen LogP contribution in [0.4, 0.5) is 0 Å². The van der Waals surface area contributed by atoms with E-state index in [1.165, 1.54) is 0 Å². The van der Waals surface area contributed by atoms with Gasteiger partial charge < -0.3 is 9.47 Å². The van der Waals surface area contributed by atoms with Gasteiger partial charge in [-0.1, -0.05) is 18.5 Å². The molecule has 1 saturated heterocycles. The monoisotopic (exact) mass is 348 g/mol. The average molecular weight is 349 g/mol. The molecule has 0 spiro atoms. The molecule has 1 aromatic heterocycles. The summed E-state index contributed by atoms with van der Waals surface area (Å²) in [5.41, 5.74) is 2.04. The van der Waals surface area contributed by atoms with Gasteiger partial charge in [0.2, 0.25) is 5.91 Å². The van der Waals surface area contributed by atoms with Gasteiger partial charge in [-0.2, -0.15) is 0 Å². The molecule has 0 atom stereocenters. The second-order valence-electron chi connectivity index (χ2n) is 6.48. The number of imidazole rings is 1. The third-order valence-corrected chi connectivity index (χ3v) is 4.94. The van der Waals surface area contributed by atoms with Gasteiger partial charge in [0.15, 0.2) is 0 Å². The van der Waals surface area contributed by atoms with Gasteiger partial charge in [0.1, 0.15) is 5.82 Å². The van der Waals surface area contributed by atoms with E-state index in [2.05, 4.69) is 16.4 Å². The fraction of sp³-hybridized carbons (Fsp3) is 0.556. The van der Waals surface area contributed by atoms with E-state index >= 15 is 0 Å². The molecular weight excluding hydrogens is 324 g/mol. The van der Waals surface area contributed by atoms with Crippen molar-refractivity contribution in [3.8, 4) is 0 Å². The lowest BCUT2D eigenvalue weighted by Gasteiger charge is -2.21. The van der Waals surface area contributed by atoms with Crippen LogP contribution in [0.3, 0.4) is 0 Å². The van der Waals surface area contributed by atoms with E-state index in [0.29, 0.717) is 11.4 Å². The summed E-state index contributed by atoms with van der Waals surface area (Å²) < 4.78 is 2.14. The Labute approximate surface area is 148 Å². The number of nitrogens with zero attached hydrogens (tertiary/aromatic N) is 4. The van der Waals surface area contributed by atoms with Crippen molar-refractivity contribution in [3.63, 3.8) is 0 Å². The Kier molecular flexibility index (Phi) is 5.41. The Balaban J connectivity index is 1.68. The smallest absolute Gasteiger partial charge is 0.222 e. The summed E-state index contributed by atoms with van der Waals surface area (Å²) in [4.78, 5) is 21.2. The Morgan fingerprint density at radius 3 is 2.88 bits per heavy atom. The van der Waals surface area contributed by atoms with Gasteiger partial charge in [-0.25, -0.2) is 4.98 Å². The third kappa shape index (κ3) is 3.73. The number of carbonyl (C=O) groups is 1. The van der Waals surface area contributed by atoms with Crippen LogP contribution in [0.1, 0.15) is 32.0 Å². The van der Waals surface area contributed by atoms with E-state index in [0.717, 1.165) is 62.4 Å². The highest BCUT2D eigenvalue weighted by Gasteiger charge is 2.20. The second kappa shape index (κ2) is 7.53. The van der Waals surface area contributed by atoms with E-state index in [9.17, 15) is 4.79 Å². The third-order valence-electron chi connectivity index (χ3n) is 4.71. The maximum atomic E-state index is 12.1. The fourth-order valence-corrected chi connectivity index (χ4v) is 3.48. The van der Waals surface area contributed by atoms with E-state index in [1.807, 2.05) is 30.1 Å². The summed E-state index contributed by atoms with van der Waals surface area (Å²) in [5.74, 6) is 1.33. The van der Waals surface area contributed by atoms with E-state index < -0.39 is 0 Å². The van der Waals surface area contributed by atoms with Gasteiger partial charge in [0, 0.05) is 44.7 Å². The quantitative estimate of drug-likeness (QED) is 0.852. The van der Waals surface area contributed by atoms with Crippen LogP contribution in [-0.4, -0.2) is 51.4 Å². The molecule has 2 aromatic rings. The van der Waals surface area contributed by atoms with Gasteiger partial charge >= 0.3 is 0 Å². The number of rotatable bonds is 4.